The van der Waals surface area contributed by atoms with Crippen LogP contribution in [0.5, 0.6) is 5.75 Å². The van der Waals surface area contributed by atoms with Crippen LogP contribution in [0, 0.1) is 0 Å². The molecule has 2 atom stereocenters. The van der Waals surface area contributed by atoms with Gasteiger partial charge in [0.25, 0.3) is 0 Å². The lowest BCUT2D eigenvalue weighted by molar-refractivity contribution is -0.137. The number of rotatable bonds is 9. The van der Waals surface area contributed by atoms with Gasteiger partial charge in [0, 0.05) is 11.7 Å². The lowest BCUT2D eigenvalue weighted by Gasteiger charge is -2.20. The third-order valence-electron chi connectivity index (χ3n) is 5.54. The molecule has 6 nitrogen and oxygen atoms in total. The second-order valence-electron chi connectivity index (χ2n) is 9.12. The van der Waals surface area contributed by atoms with Gasteiger partial charge in [0.15, 0.2) is 17.1 Å². The number of hydrogen-bond donors (Lipinski definition) is 1. The van der Waals surface area contributed by atoms with Crippen molar-refractivity contribution in [3.05, 3.63) is 65.5 Å². The molecule has 0 spiro atoms. The molecule has 36 heavy (non-hydrogen) atoms. The monoisotopic (exact) mass is 520 g/mol. The van der Waals surface area contributed by atoms with E-state index in [4.69, 9.17) is 4.74 Å². The standard InChI is InChI=1S/C26H31F3N4O2S/c1-15(2)19-10-12-22(13-11-19)35-17(5)23-31-32-25(33(23)16(3)4)36-18(6)24(34)30-21-9-7-8-20(14-21)26(27,28)29/h7-18H,1-6H3,(H,30,34). The number of amides is 1. The van der Waals surface area contributed by atoms with Crippen LogP contribution in [-0.4, -0.2) is 25.9 Å². The van der Waals surface area contributed by atoms with Crippen molar-refractivity contribution >= 4 is 23.4 Å². The van der Waals surface area contributed by atoms with Crippen molar-refractivity contribution in [2.45, 2.75) is 76.2 Å². The number of halogens is 3. The predicted octanol–water partition coefficient (Wildman–Crippen LogP) is 7.26. The van der Waals surface area contributed by atoms with E-state index in [9.17, 15) is 18.0 Å². The van der Waals surface area contributed by atoms with Crippen molar-refractivity contribution in [2.75, 3.05) is 5.32 Å². The Morgan fingerprint density at radius 1 is 1.00 bits per heavy atom. The van der Waals surface area contributed by atoms with Gasteiger partial charge in [-0.05, 0) is 69.5 Å². The first-order valence-electron chi connectivity index (χ1n) is 11.7. The highest BCUT2D eigenvalue weighted by Crippen LogP contribution is 2.32. The van der Waals surface area contributed by atoms with E-state index in [-0.39, 0.29) is 11.7 Å². The Kier molecular flexibility index (Phi) is 8.71. The molecule has 0 saturated heterocycles. The van der Waals surface area contributed by atoms with Gasteiger partial charge < -0.3 is 14.6 Å². The molecule has 0 bridgehead atoms. The third-order valence-corrected chi connectivity index (χ3v) is 6.60. The van der Waals surface area contributed by atoms with Crippen LogP contribution in [0.25, 0.3) is 0 Å². The van der Waals surface area contributed by atoms with Crippen LogP contribution in [0.1, 0.15) is 76.6 Å². The van der Waals surface area contributed by atoms with Gasteiger partial charge in [-0.3, -0.25) is 4.79 Å². The van der Waals surface area contributed by atoms with E-state index < -0.39 is 29.0 Å². The Morgan fingerprint density at radius 2 is 1.67 bits per heavy atom. The predicted molar refractivity (Wildman–Crippen MR) is 135 cm³/mol. The second kappa shape index (κ2) is 11.4. The molecule has 0 radical (unpaired) electrons. The number of benzene rings is 2. The Bertz CT molecular complexity index is 1180. The summed E-state index contributed by atoms with van der Waals surface area (Å²) in [6.07, 6.45) is -4.88. The highest BCUT2D eigenvalue weighted by molar-refractivity contribution is 8.00. The average Bonchev–Trinajstić information content (AvgIpc) is 3.23. The van der Waals surface area contributed by atoms with Gasteiger partial charge in [0.1, 0.15) is 5.75 Å². The minimum Gasteiger partial charge on any atom is -0.483 e. The van der Waals surface area contributed by atoms with E-state index in [1.54, 1.807) is 6.92 Å². The Morgan fingerprint density at radius 3 is 2.25 bits per heavy atom. The van der Waals surface area contributed by atoms with Gasteiger partial charge in [0.2, 0.25) is 5.91 Å². The third kappa shape index (κ3) is 6.81. The summed E-state index contributed by atoms with van der Waals surface area (Å²) in [5.41, 5.74) is 0.480. The number of anilines is 1. The van der Waals surface area contributed by atoms with Crippen molar-refractivity contribution in [3.63, 3.8) is 0 Å². The summed E-state index contributed by atoms with van der Waals surface area (Å²) >= 11 is 1.18. The minimum absolute atomic E-state index is 0.00871. The molecule has 0 fully saturated rings. The van der Waals surface area contributed by atoms with Crippen LogP contribution in [0.4, 0.5) is 18.9 Å². The quantitative estimate of drug-likeness (QED) is 0.301. The first-order chi connectivity index (χ1) is 16.9. The molecule has 3 aromatic rings. The lowest BCUT2D eigenvalue weighted by atomic mass is 10.0. The fourth-order valence-electron chi connectivity index (χ4n) is 3.55. The molecule has 1 N–H and O–H groups in total. The van der Waals surface area contributed by atoms with Gasteiger partial charge in [-0.1, -0.05) is 43.8 Å². The fourth-order valence-corrected chi connectivity index (χ4v) is 4.54. The Labute approximate surface area is 213 Å². The zero-order valence-electron chi connectivity index (χ0n) is 21.1. The van der Waals surface area contributed by atoms with E-state index in [0.717, 1.165) is 12.1 Å². The molecule has 1 aromatic heterocycles. The van der Waals surface area contributed by atoms with Crippen LogP contribution in [-0.2, 0) is 11.0 Å². The molecule has 194 valence electrons. The summed E-state index contributed by atoms with van der Waals surface area (Å²) in [6.45, 7) is 11.8. The van der Waals surface area contributed by atoms with E-state index in [2.05, 4.69) is 29.4 Å². The summed E-state index contributed by atoms with van der Waals surface area (Å²) in [5.74, 6) is 1.32. The molecule has 2 aromatic carbocycles. The van der Waals surface area contributed by atoms with E-state index in [0.29, 0.717) is 22.6 Å². The van der Waals surface area contributed by atoms with Gasteiger partial charge >= 0.3 is 6.18 Å². The van der Waals surface area contributed by atoms with Gasteiger partial charge in [0.05, 0.1) is 10.8 Å². The summed E-state index contributed by atoms with van der Waals surface area (Å²) < 4.78 is 47.0. The molecule has 3 rings (SSSR count). The molecule has 10 heteroatoms. The van der Waals surface area contributed by atoms with Gasteiger partial charge in [-0.15, -0.1) is 10.2 Å². The van der Waals surface area contributed by atoms with Crippen LogP contribution in [0.3, 0.4) is 0 Å². The zero-order valence-corrected chi connectivity index (χ0v) is 21.9. The van der Waals surface area contributed by atoms with E-state index >= 15 is 0 Å². The highest BCUT2D eigenvalue weighted by atomic mass is 32.2. The van der Waals surface area contributed by atoms with Crippen molar-refractivity contribution in [1.82, 2.24) is 14.8 Å². The molecule has 1 heterocycles. The zero-order chi connectivity index (χ0) is 26.6. The summed E-state index contributed by atoms with van der Waals surface area (Å²) in [4.78, 5) is 12.7. The molecule has 0 aliphatic carbocycles. The number of carbonyl (C=O) groups is 1. The molecular formula is C26H31F3N4O2S. The summed E-state index contributed by atoms with van der Waals surface area (Å²) in [5, 5.41) is 11.1. The number of alkyl halides is 3. The molecule has 1 amide bonds. The van der Waals surface area contributed by atoms with Crippen molar-refractivity contribution in [1.29, 1.82) is 0 Å². The van der Waals surface area contributed by atoms with Crippen molar-refractivity contribution in [3.8, 4) is 5.75 Å². The Hall–Kier alpha value is -3.01. The molecule has 2 unspecified atom stereocenters. The van der Waals surface area contributed by atoms with Crippen LogP contribution in [0.15, 0.2) is 53.7 Å². The van der Waals surface area contributed by atoms with E-state index in [1.807, 2.05) is 49.6 Å². The maximum absolute atomic E-state index is 13.0. The van der Waals surface area contributed by atoms with Crippen LogP contribution in [0.2, 0.25) is 0 Å². The maximum atomic E-state index is 13.0. The number of carbonyl (C=O) groups excluding carboxylic acids is 1. The number of nitrogens with zero attached hydrogens (tertiary/aromatic N) is 3. The number of aromatic nitrogens is 3. The lowest BCUT2D eigenvalue weighted by Crippen LogP contribution is -2.23. The topological polar surface area (TPSA) is 69.0 Å². The average molecular weight is 521 g/mol. The smallest absolute Gasteiger partial charge is 0.416 e. The molecular weight excluding hydrogens is 489 g/mol. The number of nitrogens with one attached hydrogen (secondary N) is 1. The Balaban J connectivity index is 1.72. The maximum Gasteiger partial charge on any atom is 0.416 e. The SMILES string of the molecule is CC(Sc1nnc(C(C)Oc2ccc(C(C)C)cc2)n1C(C)C)C(=O)Nc1cccc(C(F)(F)F)c1. The second-order valence-corrected chi connectivity index (χ2v) is 10.4. The minimum atomic E-state index is -4.49. The van der Waals surface area contributed by atoms with Crippen molar-refractivity contribution < 1.29 is 22.7 Å². The first-order valence-corrected chi connectivity index (χ1v) is 12.6. The number of ether oxygens (including phenoxy) is 1. The largest absolute Gasteiger partial charge is 0.483 e. The summed E-state index contributed by atoms with van der Waals surface area (Å²) in [6, 6.07) is 12.5. The fraction of sp³-hybridized carbons (Fsp3) is 0.423. The van der Waals surface area contributed by atoms with Gasteiger partial charge in [-0.2, -0.15) is 13.2 Å². The van der Waals surface area contributed by atoms with E-state index in [1.165, 1.54) is 29.5 Å². The van der Waals surface area contributed by atoms with Crippen molar-refractivity contribution in [2.24, 2.45) is 0 Å². The number of thioether (sulfide) groups is 1. The molecule has 0 aliphatic heterocycles. The summed E-state index contributed by atoms with van der Waals surface area (Å²) in [7, 11) is 0. The molecule has 0 aliphatic rings. The normalized spacial score (nSPS) is 13.6. The first kappa shape index (κ1) is 27.6. The molecule has 0 saturated carbocycles. The number of hydrogen-bond acceptors (Lipinski definition) is 5. The highest BCUT2D eigenvalue weighted by Gasteiger charge is 2.31. The van der Waals surface area contributed by atoms with Gasteiger partial charge in [-0.25, -0.2) is 0 Å². The van der Waals surface area contributed by atoms with Crippen LogP contribution < -0.4 is 10.1 Å². The van der Waals surface area contributed by atoms with Crippen LogP contribution >= 0.6 is 11.8 Å².